The van der Waals surface area contributed by atoms with Crippen molar-refractivity contribution in [2.75, 3.05) is 44.7 Å². The average molecular weight is 404 g/mol. The molecule has 28 heavy (non-hydrogen) atoms. The smallest absolute Gasteiger partial charge is 0.253 e. The van der Waals surface area contributed by atoms with Gasteiger partial charge in [0.15, 0.2) is 0 Å². The minimum absolute atomic E-state index is 0.0817. The monoisotopic (exact) mass is 403 g/mol. The van der Waals surface area contributed by atoms with Crippen LogP contribution in [0.4, 0.5) is 5.69 Å². The number of rotatable bonds is 6. The van der Waals surface area contributed by atoms with Gasteiger partial charge < -0.3 is 14.5 Å². The molecule has 7 nitrogen and oxygen atoms in total. The van der Waals surface area contributed by atoms with E-state index in [0.29, 0.717) is 25.2 Å². The minimum Gasteiger partial charge on any atom is -0.497 e. The van der Waals surface area contributed by atoms with Gasteiger partial charge in [0.05, 0.1) is 12.0 Å². The number of hydrogen-bond acceptors (Lipinski definition) is 5. The molecule has 0 saturated carbocycles. The lowest BCUT2D eigenvalue weighted by molar-refractivity contribution is 0.0746. The van der Waals surface area contributed by atoms with Crippen molar-refractivity contribution in [3.63, 3.8) is 0 Å². The van der Waals surface area contributed by atoms with Crippen LogP contribution in [-0.2, 0) is 10.0 Å². The topological polar surface area (TPSA) is 79.0 Å². The molecular formula is C20H25N3O4S. The molecule has 2 aromatic carbocycles. The largest absolute Gasteiger partial charge is 0.497 e. The number of ether oxygens (including phenoxy) is 1. The summed E-state index contributed by atoms with van der Waals surface area (Å²) >= 11 is 0. The number of amides is 1. The van der Waals surface area contributed by atoms with E-state index in [1.807, 2.05) is 24.3 Å². The van der Waals surface area contributed by atoms with Gasteiger partial charge in [-0.15, -0.1) is 0 Å². The van der Waals surface area contributed by atoms with Crippen molar-refractivity contribution < 1.29 is 17.9 Å². The van der Waals surface area contributed by atoms with E-state index in [0.717, 1.165) is 24.5 Å². The van der Waals surface area contributed by atoms with Gasteiger partial charge in [0.1, 0.15) is 5.75 Å². The summed E-state index contributed by atoms with van der Waals surface area (Å²) in [4.78, 5) is 16.9. The van der Waals surface area contributed by atoms with Crippen LogP contribution >= 0.6 is 0 Å². The van der Waals surface area contributed by atoms with Crippen molar-refractivity contribution >= 4 is 21.6 Å². The van der Waals surface area contributed by atoms with Gasteiger partial charge >= 0.3 is 0 Å². The van der Waals surface area contributed by atoms with Crippen LogP contribution in [0.15, 0.2) is 53.4 Å². The predicted molar refractivity (Wildman–Crippen MR) is 108 cm³/mol. The Hall–Kier alpha value is -2.58. The highest BCUT2D eigenvalue weighted by atomic mass is 32.2. The van der Waals surface area contributed by atoms with Crippen molar-refractivity contribution in [3.05, 3.63) is 54.1 Å². The quantitative estimate of drug-likeness (QED) is 0.798. The maximum atomic E-state index is 12.7. The molecule has 1 heterocycles. The lowest BCUT2D eigenvalue weighted by Crippen LogP contribution is -2.48. The highest BCUT2D eigenvalue weighted by molar-refractivity contribution is 7.89. The third-order valence-electron chi connectivity index (χ3n) is 4.75. The molecule has 0 unspecified atom stereocenters. The molecule has 1 saturated heterocycles. The molecule has 8 heteroatoms. The van der Waals surface area contributed by atoms with E-state index in [1.54, 1.807) is 31.1 Å². The zero-order valence-corrected chi connectivity index (χ0v) is 16.9. The summed E-state index contributed by atoms with van der Waals surface area (Å²) in [5.74, 6) is 0.735. The number of benzene rings is 2. The molecule has 1 fully saturated rings. The van der Waals surface area contributed by atoms with E-state index in [-0.39, 0.29) is 10.8 Å². The summed E-state index contributed by atoms with van der Waals surface area (Å²) in [7, 11) is -1.87. The van der Waals surface area contributed by atoms with Crippen LogP contribution in [0.5, 0.6) is 5.75 Å². The lowest BCUT2D eigenvalue weighted by Gasteiger charge is -2.36. The van der Waals surface area contributed by atoms with Crippen LogP contribution in [0.3, 0.4) is 0 Å². The summed E-state index contributed by atoms with van der Waals surface area (Å²) in [6.07, 6.45) is 0. The van der Waals surface area contributed by atoms with Crippen LogP contribution in [0, 0.1) is 0 Å². The summed E-state index contributed by atoms with van der Waals surface area (Å²) in [5.41, 5.74) is 1.60. The molecule has 150 valence electrons. The Balaban J connectivity index is 1.61. The third-order valence-corrected chi connectivity index (χ3v) is 6.31. The average Bonchev–Trinajstić information content (AvgIpc) is 2.73. The number of anilines is 1. The highest BCUT2D eigenvalue weighted by Crippen LogP contribution is 2.21. The van der Waals surface area contributed by atoms with Gasteiger partial charge in [0.25, 0.3) is 5.91 Å². The Kier molecular flexibility index (Phi) is 6.21. The van der Waals surface area contributed by atoms with Gasteiger partial charge in [0.2, 0.25) is 10.0 Å². The molecule has 0 radical (unpaired) electrons. The van der Waals surface area contributed by atoms with Crippen LogP contribution in [0.25, 0.3) is 0 Å². The standard InChI is InChI=1S/C20H25N3O4S/c1-3-21-28(25,26)19-10-4-16(5-11-19)20(24)23-14-12-22(13-15-23)17-6-8-18(27-2)9-7-17/h4-11,21H,3,12-15H2,1-2H3. The first kappa shape index (κ1) is 20.2. The zero-order chi connectivity index (χ0) is 20.1. The first-order valence-corrected chi connectivity index (χ1v) is 10.7. The second kappa shape index (κ2) is 8.62. The number of sulfonamides is 1. The number of methoxy groups -OCH3 is 1. The van der Waals surface area contributed by atoms with Crippen LogP contribution in [0.2, 0.25) is 0 Å². The molecule has 0 spiro atoms. The summed E-state index contributed by atoms with van der Waals surface area (Å²) in [6, 6.07) is 14.0. The van der Waals surface area contributed by atoms with Gasteiger partial charge in [-0.1, -0.05) is 6.92 Å². The molecule has 1 aliphatic heterocycles. The number of nitrogens with zero attached hydrogens (tertiary/aromatic N) is 2. The molecule has 0 aromatic heterocycles. The SMILES string of the molecule is CCNS(=O)(=O)c1ccc(C(=O)N2CCN(c3ccc(OC)cc3)CC2)cc1. The summed E-state index contributed by atoms with van der Waals surface area (Å²) in [5, 5.41) is 0. The molecule has 1 amide bonds. The molecule has 0 bridgehead atoms. The van der Waals surface area contributed by atoms with Crippen molar-refractivity contribution in [2.45, 2.75) is 11.8 Å². The normalized spacial score (nSPS) is 14.8. The first-order valence-electron chi connectivity index (χ1n) is 9.22. The summed E-state index contributed by atoms with van der Waals surface area (Å²) in [6.45, 7) is 4.75. The van der Waals surface area contributed by atoms with Crippen molar-refractivity contribution in [1.29, 1.82) is 0 Å². The predicted octanol–water partition coefficient (Wildman–Crippen LogP) is 1.96. The number of hydrogen-bond donors (Lipinski definition) is 1. The van der Waals surface area contributed by atoms with Crippen LogP contribution in [0.1, 0.15) is 17.3 Å². The number of carbonyl (C=O) groups excluding carboxylic acids is 1. The third kappa shape index (κ3) is 4.45. The fourth-order valence-corrected chi connectivity index (χ4v) is 4.23. The maximum Gasteiger partial charge on any atom is 0.253 e. The molecule has 0 aliphatic carbocycles. The first-order chi connectivity index (χ1) is 13.4. The van der Waals surface area contributed by atoms with Gasteiger partial charge in [-0.05, 0) is 48.5 Å². The fraction of sp³-hybridized carbons (Fsp3) is 0.350. The van der Waals surface area contributed by atoms with E-state index in [2.05, 4.69) is 9.62 Å². The maximum absolute atomic E-state index is 12.7. The van der Waals surface area contributed by atoms with Crippen molar-refractivity contribution in [2.24, 2.45) is 0 Å². The number of carbonyl (C=O) groups is 1. The van der Waals surface area contributed by atoms with E-state index < -0.39 is 10.0 Å². The second-order valence-corrected chi connectivity index (χ2v) is 8.27. The number of piperazine rings is 1. The van der Waals surface area contributed by atoms with E-state index in [9.17, 15) is 13.2 Å². The molecular weight excluding hydrogens is 378 g/mol. The Labute approximate surface area is 166 Å². The highest BCUT2D eigenvalue weighted by Gasteiger charge is 2.23. The second-order valence-electron chi connectivity index (χ2n) is 6.50. The molecule has 3 rings (SSSR count). The Morgan fingerprint density at radius 1 is 1.00 bits per heavy atom. The Morgan fingerprint density at radius 2 is 1.61 bits per heavy atom. The fourth-order valence-electron chi connectivity index (χ4n) is 3.19. The van der Waals surface area contributed by atoms with Gasteiger partial charge in [-0.2, -0.15) is 0 Å². The van der Waals surface area contributed by atoms with E-state index >= 15 is 0 Å². The van der Waals surface area contributed by atoms with Gasteiger partial charge in [-0.25, -0.2) is 13.1 Å². The molecule has 1 N–H and O–H groups in total. The minimum atomic E-state index is -3.51. The van der Waals surface area contributed by atoms with E-state index in [4.69, 9.17) is 4.74 Å². The number of nitrogens with one attached hydrogen (secondary N) is 1. The van der Waals surface area contributed by atoms with Gasteiger partial charge in [0, 0.05) is 44.0 Å². The Bertz CT molecular complexity index is 903. The van der Waals surface area contributed by atoms with Gasteiger partial charge in [-0.3, -0.25) is 4.79 Å². The zero-order valence-electron chi connectivity index (χ0n) is 16.1. The van der Waals surface area contributed by atoms with Crippen molar-refractivity contribution in [1.82, 2.24) is 9.62 Å². The Morgan fingerprint density at radius 3 is 2.14 bits per heavy atom. The lowest BCUT2D eigenvalue weighted by atomic mass is 10.1. The van der Waals surface area contributed by atoms with Crippen molar-refractivity contribution in [3.8, 4) is 5.75 Å². The molecule has 0 atom stereocenters. The van der Waals surface area contributed by atoms with Crippen LogP contribution < -0.4 is 14.4 Å². The van der Waals surface area contributed by atoms with Crippen LogP contribution in [-0.4, -0.2) is 59.1 Å². The summed E-state index contributed by atoms with van der Waals surface area (Å²) < 4.78 is 31.6. The molecule has 2 aromatic rings. The van der Waals surface area contributed by atoms with E-state index in [1.165, 1.54) is 12.1 Å². The molecule has 1 aliphatic rings.